The summed E-state index contributed by atoms with van der Waals surface area (Å²) in [6.45, 7) is 0. The first kappa shape index (κ1) is 29.6. The van der Waals surface area contributed by atoms with Crippen molar-refractivity contribution in [3.05, 3.63) is 168 Å². The Morgan fingerprint density at radius 1 is 0.271 bits per heavy atom. The van der Waals surface area contributed by atoms with Crippen LogP contribution in [0, 0.1) is 0 Å². The number of hydrogen-bond acceptors (Lipinski definition) is 2. The van der Waals surface area contributed by atoms with Gasteiger partial charge in [-0.25, -0.2) is 0 Å². The van der Waals surface area contributed by atoms with E-state index in [2.05, 4.69) is 170 Å². The summed E-state index contributed by atoms with van der Waals surface area (Å²) >= 11 is -1.55. The Hall–Kier alpha value is -4.54. The van der Waals surface area contributed by atoms with E-state index in [1.807, 2.05) is 0 Å². The number of nitrogens with zero attached hydrogens (tertiary/aromatic N) is 2. The molecule has 0 saturated heterocycles. The van der Waals surface area contributed by atoms with Crippen LogP contribution in [0.5, 0.6) is 0 Å². The van der Waals surface area contributed by atoms with E-state index in [9.17, 15) is 0 Å². The summed E-state index contributed by atoms with van der Waals surface area (Å²) in [6, 6.07) is 52.7. The van der Waals surface area contributed by atoms with Crippen LogP contribution in [0.1, 0.15) is 22.8 Å². The van der Waals surface area contributed by atoms with Gasteiger partial charge in [-0.2, -0.15) is 0 Å². The first-order valence-electron chi connectivity index (χ1n) is 16.0. The Labute approximate surface area is 299 Å². The van der Waals surface area contributed by atoms with E-state index in [1.54, 1.807) is 0 Å². The van der Waals surface area contributed by atoms with Crippen molar-refractivity contribution in [2.45, 2.75) is 0 Å². The van der Waals surface area contributed by atoms with Crippen molar-refractivity contribution < 1.29 is 0 Å². The zero-order valence-electron chi connectivity index (χ0n) is 25.9. The molecule has 0 spiro atoms. The molecule has 0 atom stereocenters. The van der Waals surface area contributed by atoms with Gasteiger partial charge in [-0.1, -0.05) is 0 Å². The van der Waals surface area contributed by atoms with Crippen LogP contribution in [-0.4, -0.2) is 50.8 Å². The first-order valence-corrected chi connectivity index (χ1v) is 20.7. The fraction of sp³-hybridized carbons (Fsp3) is 0. The number of fused-ring (bicyclic) bond motifs is 8. The molecule has 8 bridgehead atoms. The minimum atomic E-state index is -0.775. The maximum atomic E-state index is 5.47. The molecule has 5 heterocycles. The van der Waals surface area contributed by atoms with Crippen molar-refractivity contribution in [1.29, 1.82) is 0 Å². The number of hydrogen-bond donors (Lipinski definition) is 0. The van der Waals surface area contributed by atoms with Crippen molar-refractivity contribution in [1.82, 2.24) is 9.97 Å². The SMILES string of the molecule is C1=Cc2nc1c(-c1ccccc1)c1ccc([te]1)c(-c1ccccc1)c1nc(c(-c3ccccc3)c3ccc([te]3)c2-c2ccccc2)C=C1. The normalized spacial score (nSPS) is 12.0. The molecule has 0 amide bonds. The fourth-order valence-electron chi connectivity index (χ4n) is 6.58. The van der Waals surface area contributed by atoms with Gasteiger partial charge in [0.25, 0.3) is 0 Å². The van der Waals surface area contributed by atoms with E-state index in [1.165, 1.54) is 58.1 Å². The molecule has 0 unspecified atom stereocenters. The quantitative estimate of drug-likeness (QED) is 0.165. The van der Waals surface area contributed by atoms with Crippen molar-refractivity contribution in [2.75, 3.05) is 0 Å². The van der Waals surface area contributed by atoms with Crippen LogP contribution in [0.3, 0.4) is 0 Å². The van der Waals surface area contributed by atoms with Gasteiger partial charge in [0.1, 0.15) is 0 Å². The van der Waals surface area contributed by atoms with Crippen LogP contribution in [0.25, 0.3) is 82.4 Å². The van der Waals surface area contributed by atoms with Gasteiger partial charge in [0, 0.05) is 0 Å². The van der Waals surface area contributed by atoms with Crippen molar-refractivity contribution >= 4 is 78.8 Å². The van der Waals surface area contributed by atoms with Crippen LogP contribution in [0.2, 0.25) is 0 Å². The summed E-state index contributed by atoms with van der Waals surface area (Å²) in [6.07, 6.45) is 8.96. The van der Waals surface area contributed by atoms with Crippen LogP contribution >= 0.6 is 0 Å². The average molecular weight is 840 g/mol. The predicted octanol–water partition coefficient (Wildman–Crippen LogP) is 10.8. The summed E-state index contributed by atoms with van der Waals surface area (Å²) in [5.74, 6) is 0. The molecular formula is C44H28N2Te2. The maximum absolute atomic E-state index is 5.47. The van der Waals surface area contributed by atoms with E-state index in [-0.39, 0.29) is 0 Å². The summed E-state index contributed by atoms with van der Waals surface area (Å²) in [7, 11) is 0. The molecule has 226 valence electrons. The van der Waals surface area contributed by atoms with Crippen LogP contribution in [-0.2, 0) is 0 Å². The monoisotopic (exact) mass is 844 g/mol. The zero-order chi connectivity index (χ0) is 31.9. The molecule has 7 aromatic rings. The van der Waals surface area contributed by atoms with Gasteiger partial charge in [-0.15, -0.1) is 0 Å². The Bertz CT molecular complexity index is 2180. The van der Waals surface area contributed by atoms with Gasteiger partial charge in [-0.05, 0) is 0 Å². The summed E-state index contributed by atoms with van der Waals surface area (Å²) < 4.78 is 5.59. The van der Waals surface area contributed by atoms with E-state index in [0.29, 0.717) is 0 Å². The van der Waals surface area contributed by atoms with Gasteiger partial charge in [0.15, 0.2) is 0 Å². The third kappa shape index (κ3) is 5.46. The number of rotatable bonds is 4. The fourth-order valence-corrected chi connectivity index (χ4v) is 13.2. The molecule has 9 rings (SSSR count). The second-order valence-electron chi connectivity index (χ2n) is 11.7. The molecule has 48 heavy (non-hydrogen) atoms. The Morgan fingerprint density at radius 2 is 0.500 bits per heavy atom. The first-order chi connectivity index (χ1) is 23.8. The minimum absolute atomic E-state index is 0.775. The predicted molar refractivity (Wildman–Crippen MR) is 206 cm³/mol. The molecule has 2 aliphatic rings. The van der Waals surface area contributed by atoms with Crippen LogP contribution < -0.4 is 0 Å². The molecule has 0 N–H and O–H groups in total. The van der Waals surface area contributed by atoms with Crippen molar-refractivity contribution in [2.24, 2.45) is 0 Å². The van der Waals surface area contributed by atoms with Crippen molar-refractivity contribution in [3.63, 3.8) is 0 Å². The second kappa shape index (κ2) is 12.8. The van der Waals surface area contributed by atoms with Crippen LogP contribution in [0.15, 0.2) is 146 Å². The topological polar surface area (TPSA) is 25.8 Å². The molecule has 0 fully saturated rings. The summed E-state index contributed by atoms with van der Waals surface area (Å²) in [4.78, 5) is 10.9. The summed E-state index contributed by atoms with van der Waals surface area (Å²) in [5.41, 5.74) is 14.0. The van der Waals surface area contributed by atoms with E-state index < -0.39 is 40.9 Å². The number of aromatic nitrogens is 2. The van der Waals surface area contributed by atoms with E-state index in [0.717, 1.165) is 22.8 Å². The standard InChI is InChI=1S/C44H28N2Te2/c1-5-13-29(14-6-1)41-33-21-22-34(45-33)42(30-15-7-2-8-16-30)39-27-28-40(48-39)44(32-19-11-4-12-20-32)36-24-23-35(46-36)43(31-17-9-3-10-18-31)38-26-25-37(41)47-38/h1-28H. The molecule has 3 aromatic heterocycles. The van der Waals surface area contributed by atoms with Gasteiger partial charge in [0.05, 0.1) is 0 Å². The Balaban J connectivity index is 1.49. The molecule has 4 heteroatoms. The molecular weight excluding hydrogens is 812 g/mol. The van der Waals surface area contributed by atoms with Gasteiger partial charge in [-0.3, -0.25) is 0 Å². The molecule has 2 nitrogen and oxygen atoms in total. The average Bonchev–Trinajstić information content (AvgIpc) is 3.98. The van der Waals surface area contributed by atoms with Gasteiger partial charge >= 0.3 is 302 Å². The van der Waals surface area contributed by atoms with Gasteiger partial charge in [0.2, 0.25) is 0 Å². The zero-order valence-corrected chi connectivity index (χ0v) is 30.5. The number of benzene rings is 4. The third-order valence-corrected chi connectivity index (χ3v) is 15.1. The van der Waals surface area contributed by atoms with Crippen LogP contribution in [0.4, 0.5) is 0 Å². The second-order valence-corrected chi connectivity index (χ2v) is 17.9. The molecule has 0 radical (unpaired) electrons. The Morgan fingerprint density at radius 3 is 0.729 bits per heavy atom. The molecule has 0 saturated carbocycles. The third-order valence-electron chi connectivity index (χ3n) is 8.75. The van der Waals surface area contributed by atoms with E-state index >= 15 is 0 Å². The molecule has 4 aromatic carbocycles. The molecule has 0 aliphatic carbocycles. The van der Waals surface area contributed by atoms with Crippen molar-refractivity contribution in [3.8, 4) is 44.5 Å². The molecule has 2 aliphatic heterocycles. The summed E-state index contributed by atoms with van der Waals surface area (Å²) in [5, 5.41) is 0. The van der Waals surface area contributed by atoms with E-state index in [4.69, 9.17) is 9.97 Å². The van der Waals surface area contributed by atoms with Gasteiger partial charge < -0.3 is 0 Å². The Kier molecular flexibility index (Phi) is 7.90.